The van der Waals surface area contributed by atoms with Crippen LogP contribution >= 0.6 is 11.3 Å². The van der Waals surface area contributed by atoms with Crippen molar-refractivity contribution in [2.24, 2.45) is 0 Å². The molecule has 0 spiro atoms. The molecule has 0 fully saturated rings. The van der Waals surface area contributed by atoms with Crippen LogP contribution in [0.4, 0.5) is 0 Å². The van der Waals surface area contributed by atoms with Crippen LogP contribution in [0.15, 0.2) is 29.9 Å². The Bertz CT molecular complexity index is 490. The highest BCUT2D eigenvalue weighted by molar-refractivity contribution is 7.10. The third-order valence-corrected chi connectivity index (χ3v) is 3.89. The summed E-state index contributed by atoms with van der Waals surface area (Å²) in [6, 6.07) is 4.65. The molecule has 0 aliphatic rings. The van der Waals surface area contributed by atoms with E-state index in [-0.39, 0.29) is 6.04 Å². The average molecular weight is 246 g/mol. The summed E-state index contributed by atoms with van der Waals surface area (Å²) in [4.78, 5) is 5.68. The fourth-order valence-corrected chi connectivity index (χ4v) is 3.01. The first-order valence-electron chi connectivity index (χ1n) is 5.91. The van der Waals surface area contributed by atoms with E-state index in [1.54, 1.807) is 0 Å². The van der Waals surface area contributed by atoms with E-state index in [1.807, 2.05) is 23.7 Å². The van der Waals surface area contributed by atoms with E-state index in [0.29, 0.717) is 0 Å². The lowest BCUT2D eigenvalue weighted by Crippen LogP contribution is -2.22. The Balaban J connectivity index is 2.39. The summed E-state index contributed by atoms with van der Waals surface area (Å²) in [5.41, 5.74) is 3.81. The van der Waals surface area contributed by atoms with Crippen LogP contribution in [0.1, 0.15) is 34.5 Å². The molecule has 0 radical (unpaired) electrons. The average Bonchev–Trinajstić information content (AvgIpc) is 2.72. The van der Waals surface area contributed by atoms with E-state index < -0.39 is 0 Å². The highest BCUT2D eigenvalue weighted by Crippen LogP contribution is 2.29. The van der Waals surface area contributed by atoms with Crippen molar-refractivity contribution in [3.8, 4) is 0 Å². The molecule has 2 nitrogen and oxygen atoms in total. The van der Waals surface area contributed by atoms with Crippen LogP contribution in [-0.4, -0.2) is 11.5 Å². The predicted molar refractivity (Wildman–Crippen MR) is 73.5 cm³/mol. The summed E-state index contributed by atoms with van der Waals surface area (Å²) >= 11 is 1.81. The minimum atomic E-state index is 0.271. The number of rotatable bonds is 4. The molecule has 3 heteroatoms. The summed E-state index contributed by atoms with van der Waals surface area (Å²) in [6.07, 6.45) is 3.85. The fraction of sp³-hybridized carbons (Fsp3) is 0.357. The van der Waals surface area contributed by atoms with Crippen molar-refractivity contribution in [3.05, 3.63) is 51.5 Å². The molecule has 1 atom stereocenters. The number of thiophene rings is 1. The van der Waals surface area contributed by atoms with Crippen molar-refractivity contribution in [1.29, 1.82) is 0 Å². The number of aromatic nitrogens is 1. The molecule has 2 rings (SSSR count). The summed E-state index contributed by atoms with van der Waals surface area (Å²) in [5.74, 6) is 0. The Morgan fingerprint density at radius 1 is 1.35 bits per heavy atom. The van der Waals surface area contributed by atoms with Crippen molar-refractivity contribution < 1.29 is 0 Å². The Morgan fingerprint density at radius 2 is 2.18 bits per heavy atom. The first kappa shape index (κ1) is 12.3. The van der Waals surface area contributed by atoms with Crippen molar-refractivity contribution in [1.82, 2.24) is 10.3 Å². The number of nitrogens with one attached hydrogen (secondary N) is 1. The first-order valence-corrected chi connectivity index (χ1v) is 6.79. The van der Waals surface area contributed by atoms with Crippen LogP contribution in [0.3, 0.4) is 0 Å². The molecule has 1 N–H and O–H groups in total. The first-order chi connectivity index (χ1) is 8.22. The number of aryl methyl sites for hydroxylation is 2. The minimum absolute atomic E-state index is 0.271. The maximum absolute atomic E-state index is 4.29. The third-order valence-electron chi connectivity index (χ3n) is 2.80. The van der Waals surface area contributed by atoms with Gasteiger partial charge in [0.25, 0.3) is 0 Å². The van der Waals surface area contributed by atoms with Gasteiger partial charge in [-0.15, -0.1) is 11.3 Å². The van der Waals surface area contributed by atoms with Crippen molar-refractivity contribution >= 4 is 11.3 Å². The monoisotopic (exact) mass is 246 g/mol. The summed E-state index contributed by atoms with van der Waals surface area (Å²) in [5, 5.41) is 5.69. The number of hydrogen-bond acceptors (Lipinski definition) is 3. The van der Waals surface area contributed by atoms with Gasteiger partial charge in [0.05, 0.1) is 6.04 Å². The second-order valence-electron chi connectivity index (χ2n) is 4.25. The molecule has 17 heavy (non-hydrogen) atoms. The molecule has 0 aromatic carbocycles. The van der Waals surface area contributed by atoms with Gasteiger partial charge in [-0.05, 0) is 48.5 Å². The van der Waals surface area contributed by atoms with Gasteiger partial charge in [0.15, 0.2) is 0 Å². The van der Waals surface area contributed by atoms with Crippen molar-refractivity contribution in [2.45, 2.75) is 26.8 Å². The maximum Gasteiger partial charge on any atom is 0.0688 e. The summed E-state index contributed by atoms with van der Waals surface area (Å²) in [7, 11) is 0. The Labute approximate surface area is 107 Å². The van der Waals surface area contributed by atoms with Crippen molar-refractivity contribution in [2.75, 3.05) is 6.54 Å². The predicted octanol–water partition coefficient (Wildman–Crippen LogP) is 3.46. The minimum Gasteiger partial charge on any atom is -0.306 e. The molecule has 0 bridgehead atoms. The molecule has 0 aliphatic carbocycles. The normalized spacial score (nSPS) is 12.6. The molecule has 2 aromatic rings. The second-order valence-corrected chi connectivity index (χ2v) is 5.20. The zero-order chi connectivity index (χ0) is 12.3. The fourth-order valence-electron chi connectivity index (χ4n) is 1.98. The highest BCUT2D eigenvalue weighted by Gasteiger charge is 2.16. The van der Waals surface area contributed by atoms with Crippen LogP contribution in [0.5, 0.6) is 0 Å². The van der Waals surface area contributed by atoms with E-state index in [4.69, 9.17) is 0 Å². The smallest absolute Gasteiger partial charge is 0.0688 e. The topological polar surface area (TPSA) is 24.9 Å². The lowest BCUT2D eigenvalue weighted by Gasteiger charge is -2.18. The van der Waals surface area contributed by atoms with Crippen LogP contribution < -0.4 is 5.32 Å². The molecule has 0 aliphatic heterocycles. The molecule has 0 saturated heterocycles. The van der Waals surface area contributed by atoms with Gasteiger partial charge in [-0.3, -0.25) is 4.98 Å². The number of nitrogens with zero attached hydrogens (tertiary/aromatic N) is 1. The molecule has 0 saturated carbocycles. The Kier molecular flexibility index (Phi) is 3.92. The SMILES string of the molecule is CCNC(c1cncc(C)c1)c1sccc1C. The lowest BCUT2D eigenvalue weighted by molar-refractivity contribution is 0.634. The van der Waals surface area contributed by atoms with E-state index >= 15 is 0 Å². The van der Waals surface area contributed by atoms with Gasteiger partial charge >= 0.3 is 0 Å². The van der Waals surface area contributed by atoms with Gasteiger partial charge in [0.1, 0.15) is 0 Å². The molecule has 90 valence electrons. The van der Waals surface area contributed by atoms with Crippen LogP contribution in [-0.2, 0) is 0 Å². The van der Waals surface area contributed by atoms with Gasteiger partial charge < -0.3 is 5.32 Å². The second kappa shape index (κ2) is 5.43. The quantitative estimate of drug-likeness (QED) is 0.893. The largest absolute Gasteiger partial charge is 0.306 e. The van der Waals surface area contributed by atoms with Gasteiger partial charge in [-0.1, -0.05) is 13.0 Å². The third kappa shape index (κ3) is 2.73. The lowest BCUT2D eigenvalue weighted by atomic mass is 10.0. The van der Waals surface area contributed by atoms with Gasteiger partial charge in [-0.25, -0.2) is 0 Å². The maximum atomic E-state index is 4.29. The molecule has 2 aromatic heterocycles. The van der Waals surface area contributed by atoms with Gasteiger partial charge in [-0.2, -0.15) is 0 Å². The van der Waals surface area contributed by atoms with Gasteiger partial charge in [0.2, 0.25) is 0 Å². The van der Waals surface area contributed by atoms with Crippen molar-refractivity contribution in [3.63, 3.8) is 0 Å². The van der Waals surface area contributed by atoms with Crippen LogP contribution in [0, 0.1) is 13.8 Å². The Morgan fingerprint density at radius 3 is 2.76 bits per heavy atom. The molecule has 1 unspecified atom stereocenters. The molecular formula is C14H18N2S. The van der Waals surface area contributed by atoms with E-state index in [0.717, 1.165) is 6.54 Å². The van der Waals surface area contributed by atoms with Crippen LogP contribution in [0.25, 0.3) is 0 Å². The standard InChI is InChI=1S/C14H18N2S/c1-4-16-13(14-11(3)5-6-17-14)12-7-10(2)8-15-9-12/h5-9,13,16H,4H2,1-3H3. The molecule has 0 amide bonds. The molecule has 2 heterocycles. The molecular weight excluding hydrogens is 228 g/mol. The van der Waals surface area contributed by atoms with Gasteiger partial charge in [0, 0.05) is 17.3 Å². The number of hydrogen-bond donors (Lipinski definition) is 1. The highest BCUT2D eigenvalue weighted by atomic mass is 32.1. The number of pyridine rings is 1. The van der Waals surface area contributed by atoms with Crippen LogP contribution in [0.2, 0.25) is 0 Å². The van der Waals surface area contributed by atoms with E-state index in [2.05, 4.69) is 48.6 Å². The zero-order valence-corrected chi connectivity index (χ0v) is 11.3. The summed E-state index contributed by atoms with van der Waals surface area (Å²) in [6.45, 7) is 7.34. The Hall–Kier alpha value is -1.19. The zero-order valence-electron chi connectivity index (χ0n) is 10.5. The van der Waals surface area contributed by atoms with E-state index in [9.17, 15) is 0 Å². The van der Waals surface area contributed by atoms with E-state index in [1.165, 1.54) is 21.6 Å². The summed E-state index contributed by atoms with van der Waals surface area (Å²) < 4.78 is 0.